The number of fused-ring (bicyclic) bond motifs is 1. The van der Waals surface area contributed by atoms with Crippen LogP contribution in [0.3, 0.4) is 0 Å². The van der Waals surface area contributed by atoms with Gasteiger partial charge in [0.05, 0.1) is 4.90 Å². The van der Waals surface area contributed by atoms with Crippen molar-refractivity contribution in [2.75, 3.05) is 13.1 Å². The van der Waals surface area contributed by atoms with Gasteiger partial charge in [0.1, 0.15) is 6.04 Å². The summed E-state index contributed by atoms with van der Waals surface area (Å²) in [5, 5.41) is 0.413. The smallest absolute Gasteiger partial charge is 0.254 e. The van der Waals surface area contributed by atoms with E-state index < -0.39 is 22.0 Å². The molecule has 2 aromatic rings. The molecule has 0 unspecified atom stereocenters. The summed E-state index contributed by atoms with van der Waals surface area (Å²) in [6.45, 7) is 7.26. The first-order valence-electron chi connectivity index (χ1n) is 12.0. The maximum Gasteiger partial charge on any atom is 0.254 e. The average Bonchev–Trinajstić information content (AvgIpc) is 2.80. The second-order valence-electron chi connectivity index (χ2n) is 9.44. The maximum absolute atomic E-state index is 13.7. The number of nitrogens with two attached hydrogens (primary N) is 1. The zero-order valence-corrected chi connectivity index (χ0v) is 22.1. The van der Waals surface area contributed by atoms with Crippen LogP contribution in [0.25, 0.3) is 0 Å². The normalized spacial score (nSPS) is 14.9. The minimum atomic E-state index is -4.06. The number of amides is 2. The second kappa shape index (κ2) is 11.5. The fourth-order valence-corrected chi connectivity index (χ4v) is 6.08. The van der Waals surface area contributed by atoms with Gasteiger partial charge in [0, 0.05) is 30.2 Å². The van der Waals surface area contributed by atoms with Gasteiger partial charge in [-0.05, 0) is 66.6 Å². The quantitative estimate of drug-likeness (QED) is 0.480. The third kappa shape index (κ3) is 6.42. The topological polar surface area (TPSA) is 101 Å². The van der Waals surface area contributed by atoms with Crippen molar-refractivity contribution in [1.29, 1.82) is 0 Å². The van der Waals surface area contributed by atoms with Gasteiger partial charge >= 0.3 is 0 Å². The van der Waals surface area contributed by atoms with Crippen molar-refractivity contribution in [2.45, 2.75) is 63.9 Å². The van der Waals surface area contributed by atoms with Crippen LogP contribution in [0, 0.1) is 5.92 Å². The van der Waals surface area contributed by atoms with Gasteiger partial charge in [-0.1, -0.05) is 50.9 Å². The number of unbranched alkanes of at least 4 members (excludes halogenated alkanes) is 1. The zero-order chi connectivity index (χ0) is 25.8. The van der Waals surface area contributed by atoms with Gasteiger partial charge in [-0.3, -0.25) is 9.59 Å². The molecule has 0 aliphatic carbocycles. The lowest BCUT2D eigenvalue weighted by molar-refractivity contribution is -0.122. The Labute approximate surface area is 213 Å². The van der Waals surface area contributed by atoms with Crippen LogP contribution in [-0.4, -0.2) is 48.6 Å². The molecule has 0 bridgehead atoms. The predicted octanol–water partition coefficient (Wildman–Crippen LogP) is 4.23. The number of hydrogen-bond acceptors (Lipinski definition) is 4. The van der Waals surface area contributed by atoms with Crippen LogP contribution >= 0.6 is 11.6 Å². The summed E-state index contributed by atoms with van der Waals surface area (Å²) >= 11 is 5.96. The van der Waals surface area contributed by atoms with Crippen molar-refractivity contribution in [2.24, 2.45) is 11.7 Å². The Morgan fingerprint density at radius 2 is 1.86 bits per heavy atom. The van der Waals surface area contributed by atoms with Gasteiger partial charge in [-0.25, -0.2) is 8.42 Å². The first-order valence-corrected chi connectivity index (χ1v) is 13.8. The van der Waals surface area contributed by atoms with Crippen molar-refractivity contribution in [3.8, 4) is 0 Å². The molecule has 3 rings (SSSR count). The molecular formula is C26H34ClN3O4S. The van der Waals surface area contributed by atoms with Crippen molar-refractivity contribution in [3.63, 3.8) is 0 Å². The molecule has 0 fully saturated rings. The van der Waals surface area contributed by atoms with E-state index in [2.05, 4.69) is 6.92 Å². The lowest BCUT2D eigenvalue weighted by atomic mass is 9.96. The number of nitrogens with zero attached hydrogens (tertiary/aromatic N) is 2. The molecule has 1 atom stereocenters. The fourth-order valence-electron chi connectivity index (χ4n) is 4.36. The van der Waals surface area contributed by atoms with E-state index in [0.717, 1.165) is 24.9 Å². The molecule has 190 valence electrons. The first kappa shape index (κ1) is 27.2. The average molecular weight is 520 g/mol. The SMILES string of the molecule is CCCCN1CCc2cc(CN([C@H](CC(C)C)C(N)=O)S(=O)(=O)c3ccc(Cl)cc3)ccc2C1=O. The molecule has 35 heavy (non-hydrogen) atoms. The summed E-state index contributed by atoms with van der Waals surface area (Å²) in [5.74, 6) is -0.645. The number of rotatable bonds is 11. The van der Waals surface area contributed by atoms with Gasteiger partial charge in [-0.2, -0.15) is 4.31 Å². The highest BCUT2D eigenvalue weighted by Gasteiger charge is 2.36. The number of benzene rings is 2. The maximum atomic E-state index is 13.7. The first-order chi connectivity index (χ1) is 16.5. The molecule has 0 spiro atoms. The van der Waals surface area contributed by atoms with E-state index >= 15 is 0 Å². The molecule has 2 aromatic carbocycles. The van der Waals surface area contributed by atoms with Crippen molar-refractivity contribution >= 4 is 33.4 Å². The van der Waals surface area contributed by atoms with E-state index in [9.17, 15) is 18.0 Å². The largest absolute Gasteiger partial charge is 0.368 e. The Morgan fingerprint density at radius 3 is 2.46 bits per heavy atom. The highest BCUT2D eigenvalue weighted by molar-refractivity contribution is 7.89. The van der Waals surface area contributed by atoms with Gasteiger partial charge in [0.2, 0.25) is 15.9 Å². The molecule has 0 saturated carbocycles. The molecule has 0 saturated heterocycles. The number of hydrogen-bond donors (Lipinski definition) is 1. The van der Waals surface area contributed by atoms with E-state index in [0.29, 0.717) is 29.1 Å². The minimum Gasteiger partial charge on any atom is -0.368 e. The monoisotopic (exact) mass is 519 g/mol. The van der Waals surface area contributed by atoms with Gasteiger partial charge < -0.3 is 10.6 Å². The fraction of sp³-hybridized carbons (Fsp3) is 0.462. The third-order valence-electron chi connectivity index (χ3n) is 6.25. The lowest BCUT2D eigenvalue weighted by Crippen LogP contribution is -2.48. The summed E-state index contributed by atoms with van der Waals surface area (Å²) in [7, 11) is -4.06. The second-order valence-corrected chi connectivity index (χ2v) is 11.8. The molecule has 9 heteroatoms. The van der Waals surface area contributed by atoms with E-state index in [4.69, 9.17) is 17.3 Å². The van der Waals surface area contributed by atoms with Gasteiger partial charge in [-0.15, -0.1) is 0 Å². The Hall–Kier alpha value is -2.42. The number of carbonyl (C=O) groups is 2. The molecule has 2 N–H and O–H groups in total. The number of carbonyl (C=O) groups excluding carboxylic acids is 2. The Balaban J connectivity index is 1.97. The van der Waals surface area contributed by atoms with Crippen LogP contribution < -0.4 is 5.73 Å². The molecule has 1 aliphatic rings. The molecular weight excluding hydrogens is 486 g/mol. The predicted molar refractivity (Wildman–Crippen MR) is 138 cm³/mol. The van der Waals surface area contributed by atoms with Gasteiger partial charge in [0.15, 0.2) is 0 Å². The van der Waals surface area contributed by atoms with Crippen LogP contribution in [-0.2, 0) is 27.8 Å². The summed E-state index contributed by atoms with van der Waals surface area (Å²) in [6.07, 6.45) is 2.97. The Bertz CT molecular complexity index is 1170. The number of primary amides is 1. The molecule has 2 amide bonds. The summed E-state index contributed by atoms with van der Waals surface area (Å²) < 4.78 is 28.5. The van der Waals surface area contributed by atoms with Crippen LogP contribution in [0.5, 0.6) is 0 Å². The van der Waals surface area contributed by atoms with E-state index in [1.165, 1.54) is 28.6 Å². The third-order valence-corrected chi connectivity index (χ3v) is 8.37. The highest BCUT2D eigenvalue weighted by Crippen LogP contribution is 2.27. The molecule has 0 radical (unpaired) electrons. The Morgan fingerprint density at radius 1 is 1.17 bits per heavy atom. The zero-order valence-electron chi connectivity index (χ0n) is 20.5. The number of halogens is 1. The summed E-state index contributed by atoms with van der Waals surface area (Å²) in [6, 6.07) is 10.2. The van der Waals surface area contributed by atoms with Crippen LogP contribution in [0.4, 0.5) is 0 Å². The minimum absolute atomic E-state index is 0.00621. The van der Waals surface area contributed by atoms with Gasteiger partial charge in [0.25, 0.3) is 5.91 Å². The van der Waals surface area contributed by atoms with Crippen molar-refractivity contribution < 1.29 is 18.0 Å². The molecule has 1 heterocycles. The standard InChI is InChI=1S/C26H34ClN3O4S/c1-4-5-13-29-14-12-20-16-19(6-11-23(20)26(29)32)17-30(24(25(28)31)15-18(2)3)35(33,34)22-9-7-21(27)8-10-22/h6-11,16,18,24H,4-5,12-15,17H2,1-3H3,(H2,28,31)/t24-/m1/s1. The van der Waals surface area contributed by atoms with Crippen molar-refractivity contribution in [1.82, 2.24) is 9.21 Å². The van der Waals surface area contributed by atoms with Crippen molar-refractivity contribution in [3.05, 3.63) is 64.2 Å². The van der Waals surface area contributed by atoms with E-state index in [-0.39, 0.29) is 29.7 Å². The van der Waals surface area contributed by atoms with Crippen LogP contribution in [0.2, 0.25) is 5.02 Å². The highest BCUT2D eigenvalue weighted by atomic mass is 35.5. The van der Waals surface area contributed by atoms with Crippen LogP contribution in [0.15, 0.2) is 47.4 Å². The Kier molecular flexibility index (Phi) is 8.96. The lowest BCUT2D eigenvalue weighted by Gasteiger charge is -2.31. The number of sulfonamides is 1. The van der Waals surface area contributed by atoms with E-state index in [1.54, 1.807) is 12.1 Å². The summed E-state index contributed by atoms with van der Waals surface area (Å²) in [5.41, 5.74) is 7.95. The summed E-state index contributed by atoms with van der Waals surface area (Å²) in [4.78, 5) is 27.2. The molecule has 7 nitrogen and oxygen atoms in total. The molecule has 1 aliphatic heterocycles. The van der Waals surface area contributed by atoms with E-state index in [1.807, 2.05) is 24.8 Å². The van der Waals surface area contributed by atoms with Crippen LogP contribution in [0.1, 0.15) is 61.5 Å². The molecule has 0 aromatic heterocycles.